The molecule has 0 saturated carbocycles. The van der Waals surface area contributed by atoms with Crippen LogP contribution in [0, 0.1) is 0 Å². The van der Waals surface area contributed by atoms with Gasteiger partial charge in [0.05, 0.1) is 14.2 Å². The maximum absolute atomic E-state index is 5.29. The highest BCUT2D eigenvalue weighted by Crippen LogP contribution is 2.23. The molecule has 1 N–H and O–H groups in total. The SMILES string of the molecule is COc1ccc(OC)c(CNCCCS)c1. The Morgan fingerprint density at radius 3 is 2.69 bits per heavy atom. The number of ether oxygens (including phenoxy) is 2. The zero-order valence-electron chi connectivity index (χ0n) is 9.82. The standard InChI is InChI=1S/C12H19NO2S/c1-14-11-4-5-12(15-2)10(8-11)9-13-6-3-7-16/h4-5,8,13,16H,3,6-7,9H2,1-2H3. The van der Waals surface area contributed by atoms with E-state index in [4.69, 9.17) is 9.47 Å². The average Bonchev–Trinajstić information content (AvgIpc) is 2.34. The van der Waals surface area contributed by atoms with Crippen molar-refractivity contribution in [3.63, 3.8) is 0 Å². The van der Waals surface area contributed by atoms with Crippen LogP contribution in [0.15, 0.2) is 18.2 Å². The lowest BCUT2D eigenvalue weighted by Gasteiger charge is -2.11. The molecule has 0 aliphatic carbocycles. The quantitative estimate of drug-likeness (QED) is 0.566. The largest absolute Gasteiger partial charge is 0.497 e. The van der Waals surface area contributed by atoms with Crippen LogP contribution in [-0.2, 0) is 6.54 Å². The Kier molecular flexibility index (Phi) is 6.11. The first kappa shape index (κ1) is 13.2. The monoisotopic (exact) mass is 241 g/mol. The van der Waals surface area contributed by atoms with E-state index in [1.54, 1.807) is 14.2 Å². The summed E-state index contributed by atoms with van der Waals surface area (Å²) in [6.45, 7) is 1.75. The molecule has 3 nitrogen and oxygen atoms in total. The molecule has 4 heteroatoms. The summed E-state index contributed by atoms with van der Waals surface area (Å²) in [5.41, 5.74) is 1.11. The Bertz CT molecular complexity index is 318. The van der Waals surface area contributed by atoms with Crippen LogP contribution in [0.5, 0.6) is 11.5 Å². The predicted molar refractivity (Wildman–Crippen MR) is 69.7 cm³/mol. The van der Waals surface area contributed by atoms with Crippen molar-refractivity contribution in [2.75, 3.05) is 26.5 Å². The van der Waals surface area contributed by atoms with E-state index in [1.165, 1.54) is 0 Å². The van der Waals surface area contributed by atoms with Gasteiger partial charge in [-0.1, -0.05) is 0 Å². The summed E-state index contributed by atoms with van der Waals surface area (Å²) in [6.07, 6.45) is 1.06. The minimum absolute atomic E-state index is 0.786. The van der Waals surface area contributed by atoms with Gasteiger partial charge in [-0.2, -0.15) is 12.6 Å². The number of hydrogen-bond acceptors (Lipinski definition) is 4. The van der Waals surface area contributed by atoms with E-state index in [2.05, 4.69) is 17.9 Å². The molecule has 0 amide bonds. The molecule has 0 aliphatic heterocycles. The molecule has 16 heavy (non-hydrogen) atoms. The minimum Gasteiger partial charge on any atom is -0.497 e. The van der Waals surface area contributed by atoms with Crippen molar-refractivity contribution in [3.05, 3.63) is 23.8 Å². The fourth-order valence-electron chi connectivity index (χ4n) is 1.45. The van der Waals surface area contributed by atoms with E-state index in [9.17, 15) is 0 Å². The summed E-state index contributed by atoms with van der Waals surface area (Å²) in [4.78, 5) is 0. The van der Waals surface area contributed by atoms with Gasteiger partial charge in [0, 0.05) is 12.1 Å². The van der Waals surface area contributed by atoms with Crippen molar-refractivity contribution in [2.24, 2.45) is 0 Å². The second-order valence-electron chi connectivity index (χ2n) is 3.43. The molecule has 0 bridgehead atoms. The van der Waals surface area contributed by atoms with Crippen LogP contribution in [0.25, 0.3) is 0 Å². The Morgan fingerprint density at radius 1 is 1.25 bits per heavy atom. The van der Waals surface area contributed by atoms with Gasteiger partial charge < -0.3 is 14.8 Å². The van der Waals surface area contributed by atoms with Crippen molar-refractivity contribution in [3.8, 4) is 11.5 Å². The molecule has 0 unspecified atom stereocenters. The van der Waals surface area contributed by atoms with Gasteiger partial charge in [0.25, 0.3) is 0 Å². The Morgan fingerprint density at radius 2 is 2.06 bits per heavy atom. The van der Waals surface area contributed by atoms with E-state index in [1.807, 2.05) is 18.2 Å². The van der Waals surface area contributed by atoms with E-state index in [0.29, 0.717) is 0 Å². The van der Waals surface area contributed by atoms with Crippen LogP contribution in [0.2, 0.25) is 0 Å². The first-order chi connectivity index (χ1) is 7.81. The normalized spacial score (nSPS) is 10.2. The fourth-order valence-corrected chi connectivity index (χ4v) is 1.61. The van der Waals surface area contributed by atoms with Gasteiger partial charge in [0.2, 0.25) is 0 Å². The van der Waals surface area contributed by atoms with E-state index >= 15 is 0 Å². The van der Waals surface area contributed by atoms with Gasteiger partial charge in [0.1, 0.15) is 11.5 Å². The van der Waals surface area contributed by atoms with Crippen molar-refractivity contribution < 1.29 is 9.47 Å². The second-order valence-corrected chi connectivity index (χ2v) is 3.88. The van der Waals surface area contributed by atoms with Crippen molar-refractivity contribution in [1.82, 2.24) is 5.32 Å². The third-order valence-corrected chi connectivity index (χ3v) is 2.63. The molecule has 0 spiro atoms. The van der Waals surface area contributed by atoms with Gasteiger partial charge in [-0.05, 0) is 36.9 Å². The van der Waals surface area contributed by atoms with E-state index < -0.39 is 0 Å². The summed E-state index contributed by atoms with van der Waals surface area (Å²) >= 11 is 4.17. The van der Waals surface area contributed by atoms with E-state index in [0.717, 1.165) is 42.3 Å². The first-order valence-electron chi connectivity index (χ1n) is 5.34. The molecule has 0 radical (unpaired) electrons. The predicted octanol–water partition coefficient (Wildman–Crippen LogP) is 2.11. The van der Waals surface area contributed by atoms with Gasteiger partial charge in [-0.25, -0.2) is 0 Å². The van der Waals surface area contributed by atoms with Gasteiger partial charge in [0.15, 0.2) is 0 Å². The first-order valence-corrected chi connectivity index (χ1v) is 5.97. The Labute approximate surface area is 103 Å². The zero-order chi connectivity index (χ0) is 11.8. The second kappa shape index (κ2) is 7.41. The number of methoxy groups -OCH3 is 2. The molecule has 1 aromatic rings. The lowest BCUT2D eigenvalue weighted by Crippen LogP contribution is -2.15. The molecule has 0 aliphatic rings. The fraction of sp³-hybridized carbons (Fsp3) is 0.500. The lowest BCUT2D eigenvalue weighted by atomic mass is 10.2. The van der Waals surface area contributed by atoms with Crippen LogP contribution < -0.4 is 14.8 Å². The summed E-state index contributed by atoms with van der Waals surface area (Å²) in [7, 11) is 3.35. The molecule has 1 aromatic carbocycles. The lowest BCUT2D eigenvalue weighted by molar-refractivity contribution is 0.397. The maximum atomic E-state index is 5.29. The van der Waals surface area contributed by atoms with Crippen LogP contribution in [0.3, 0.4) is 0 Å². The number of nitrogens with one attached hydrogen (secondary N) is 1. The smallest absolute Gasteiger partial charge is 0.123 e. The highest BCUT2D eigenvalue weighted by Gasteiger charge is 2.04. The van der Waals surface area contributed by atoms with Gasteiger partial charge in [-0.15, -0.1) is 0 Å². The third-order valence-electron chi connectivity index (χ3n) is 2.31. The topological polar surface area (TPSA) is 30.5 Å². The number of benzene rings is 1. The Hall–Kier alpha value is -0.870. The summed E-state index contributed by atoms with van der Waals surface area (Å²) in [5, 5.41) is 3.34. The van der Waals surface area contributed by atoms with Crippen LogP contribution >= 0.6 is 12.6 Å². The molecule has 1 rings (SSSR count). The van der Waals surface area contributed by atoms with Crippen molar-refractivity contribution in [2.45, 2.75) is 13.0 Å². The molecule has 0 saturated heterocycles. The van der Waals surface area contributed by atoms with Crippen molar-refractivity contribution >= 4 is 12.6 Å². The van der Waals surface area contributed by atoms with E-state index in [-0.39, 0.29) is 0 Å². The Balaban J connectivity index is 2.60. The highest BCUT2D eigenvalue weighted by molar-refractivity contribution is 7.80. The number of rotatable bonds is 7. The number of hydrogen-bond donors (Lipinski definition) is 2. The molecule has 0 aromatic heterocycles. The molecular formula is C12H19NO2S. The highest BCUT2D eigenvalue weighted by atomic mass is 32.1. The summed E-state index contributed by atoms with van der Waals surface area (Å²) in [5.74, 6) is 2.65. The molecule has 0 atom stereocenters. The molecule has 90 valence electrons. The van der Waals surface area contributed by atoms with Crippen molar-refractivity contribution in [1.29, 1.82) is 0 Å². The molecule has 0 heterocycles. The molecule has 0 fully saturated rings. The molecular weight excluding hydrogens is 222 g/mol. The zero-order valence-corrected chi connectivity index (χ0v) is 10.7. The maximum Gasteiger partial charge on any atom is 0.123 e. The van der Waals surface area contributed by atoms with Crippen LogP contribution in [0.4, 0.5) is 0 Å². The number of thiol groups is 1. The summed E-state index contributed by atoms with van der Waals surface area (Å²) < 4.78 is 10.5. The van der Waals surface area contributed by atoms with Gasteiger partial charge in [-0.3, -0.25) is 0 Å². The minimum atomic E-state index is 0.786. The summed E-state index contributed by atoms with van der Waals surface area (Å²) in [6, 6.07) is 5.82. The third kappa shape index (κ3) is 3.94. The van der Waals surface area contributed by atoms with Crippen LogP contribution in [-0.4, -0.2) is 26.5 Å². The van der Waals surface area contributed by atoms with Crippen LogP contribution in [0.1, 0.15) is 12.0 Å². The average molecular weight is 241 g/mol. The van der Waals surface area contributed by atoms with Gasteiger partial charge >= 0.3 is 0 Å².